The average Bonchev–Trinajstić information content (AvgIpc) is 3.27. The first-order valence-electron chi connectivity index (χ1n) is 10.6. The maximum absolute atomic E-state index is 13.1. The van der Waals surface area contributed by atoms with E-state index in [9.17, 15) is 18.0 Å². The molecule has 2 aliphatic rings. The van der Waals surface area contributed by atoms with Crippen LogP contribution in [0, 0.1) is 0 Å². The van der Waals surface area contributed by atoms with Gasteiger partial charge in [0, 0.05) is 16.5 Å². The summed E-state index contributed by atoms with van der Waals surface area (Å²) in [6, 6.07) is 6.48. The second-order valence-electron chi connectivity index (χ2n) is 7.90. The third kappa shape index (κ3) is 4.93. The van der Waals surface area contributed by atoms with Crippen LogP contribution in [0.2, 0.25) is 0 Å². The molecule has 1 fully saturated rings. The van der Waals surface area contributed by atoms with E-state index in [4.69, 9.17) is 4.74 Å². The molecule has 2 heterocycles. The number of ether oxygens (including phenoxy) is 1. The van der Waals surface area contributed by atoms with Gasteiger partial charge in [0.2, 0.25) is 0 Å². The summed E-state index contributed by atoms with van der Waals surface area (Å²) in [5, 5.41) is 6.33. The van der Waals surface area contributed by atoms with Crippen molar-refractivity contribution in [1.29, 1.82) is 0 Å². The standard InChI is InChI=1S/C22H26N2O5S2/c1-2-29-16-9-7-14(8-10-16)20(25)24-22-19(17-5-3-4-6-18(17)30-22)21(26)23-15-11-12-31(27,28)13-15/h7-10,15H,2-6,11-13H2,1H3,(H,23,26)(H,24,25). The van der Waals surface area contributed by atoms with E-state index >= 15 is 0 Å². The van der Waals surface area contributed by atoms with Crippen LogP contribution in [0.1, 0.15) is 57.3 Å². The molecule has 1 unspecified atom stereocenters. The number of carbonyl (C=O) groups excluding carboxylic acids is 2. The van der Waals surface area contributed by atoms with Crippen molar-refractivity contribution >= 4 is 38.0 Å². The van der Waals surface area contributed by atoms with Crippen LogP contribution in [0.3, 0.4) is 0 Å². The van der Waals surface area contributed by atoms with E-state index in [1.54, 1.807) is 24.3 Å². The topological polar surface area (TPSA) is 102 Å². The molecule has 1 aliphatic heterocycles. The summed E-state index contributed by atoms with van der Waals surface area (Å²) in [5.41, 5.74) is 1.95. The lowest BCUT2D eigenvalue weighted by molar-refractivity contribution is 0.0941. The van der Waals surface area contributed by atoms with Gasteiger partial charge in [0.15, 0.2) is 9.84 Å². The number of fused-ring (bicyclic) bond motifs is 1. The number of rotatable bonds is 6. The van der Waals surface area contributed by atoms with Gasteiger partial charge in [-0.15, -0.1) is 11.3 Å². The molecule has 1 aromatic carbocycles. The van der Waals surface area contributed by atoms with Gasteiger partial charge in [-0.2, -0.15) is 0 Å². The quantitative estimate of drug-likeness (QED) is 0.687. The van der Waals surface area contributed by atoms with Crippen molar-refractivity contribution < 1.29 is 22.7 Å². The Labute approximate surface area is 186 Å². The van der Waals surface area contributed by atoms with E-state index < -0.39 is 9.84 Å². The highest BCUT2D eigenvalue weighted by Gasteiger charge is 2.32. The van der Waals surface area contributed by atoms with Gasteiger partial charge in [-0.05, 0) is 68.9 Å². The Morgan fingerprint density at radius 2 is 1.87 bits per heavy atom. The van der Waals surface area contributed by atoms with Crippen molar-refractivity contribution in [3.63, 3.8) is 0 Å². The molecule has 0 spiro atoms. The van der Waals surface area contributed by atoms with Gasteiger partial charge >= 0.3 is 0 Å². The SMILES string of the molecule is CCOc1ccc(C(=O)Nc2sc3c(c2C(=O)NC2CCS(=O)(=O)C2)CCCC3)cc1. The fraction of sp³-hybridized carbons (Fsp3) is 0.455. The molecule has 7 nitrogen and oxygen atoms in total. The lowest BCUT2D eigenvalue weighted by Gasteiger charge is -2.15. The molecular weight excluding hydrogens is 436 g/mol. The maximum atomic E-state index is 13.1. The molecule has 0 radical (unpaired) electrons. The number of benzene rings is 1. The fourth-order valence-electron chi connectivity index (χ4n) is 4.11. The molecule has 1 aliphatic carbocycles. The van der Waals surface area contributed by atoms with Crippen molar-refractivity contribution in [1.82, 2.24) is 5.32 Å². The lowest BCUT2D eigenvalue weighted by Crippen LogP contribution is -2.36. The molecule has 1 aromatic heterocycles. The van der Waals surface area contributed by atoms with Crippen molar-refractivity contribution in [2.75, 3.05) is 23.4 Å². The number of aryl methyl sites for hydroxylation is 1. The number of hydrogen-bond acceptors (Lipinski definition) is 6. The Balaban J connectivity index is 1.56. The molecule has 2 amide bonds. The summed E-state index contributed by atoms with van der Waals surface area (Å²) >= 11 is 1.45. The smallest absolute Gasteiger partial charge is 0.256 e. The normalized spacial score (nSPS) is 19.5. The molecule has 1 saturated heterocycles. The zero-order valence-electron chi connectivity index (χ0n) is 17.4. The highest BCUT2D eigenvalue weighted by atomic mass is 32.2. The zero-order chi connectivity index (χ0) is 22.0. The molecule has 4 rings (SSSR count). The van der Waals surface area contributed by atoms with Gasteiger partial charge in [-0.3, -0.25) is 9.59 Å². The van der Waals surface area contributed by atoms with Crippen molar-refractivity contribution in [3.05, 3.63) is 45.8 Å². The highest BCUT2D eigenvalue weighted by Crippen LogP contribution is 2.38. The lowest BCUT2D eigenvalue weighted by atomic mass is 9.95. The molecule has 166 valence electrons. The summed E-state index contributed by atoms with van der Waals surface area (Å²) < 4.78 is 28.9. The van der Waals surface area contributed by atoms with Crippen LogP contribution in [0.4, 0.5) is 5.00 Å². The predicted octanol–water partition coefficient (Wildman–Crippen LogP) is 3.19. The molecule has 2 aromatic rings. The Kier molecular flexibility index (Phi) is 6.34. The minimum atomic E-state index is -3.09. The first-order valence-corrected chi connectivity index (χ1v) is 13.2. The zero-order valence-corrected chi connectivity index (χ0v) is 19.0. The van der Waals surface area contributed by atoms with E-state index in [1.807, 2.05) is 6.92 Å². The molecule has 1 atom stereocenters. The van der Waals surface area contributed by atoms with Crippen LogP contribution in [0.5, 0.6) is 5.75 Å². The van der Waals surface area contributed by atoms with Crippen LogP contribution >= 0.6 is 11.3 Å². The largest absolute Gasteiger partial charge is 0.494 e. The van der Waals surface area contributed by atoms with Crippen molar-refractivity contribution in [2.24, 2.45) is 0 Å². The molecular formula is C22H26N2O5S2. The first-order chi connectivity index (χ1) is 14.9. The third-order valence-corrected chi connectivity index (χ3v) is 8.60. The van der Waals surface area contributed by atoms with Gasteiger partial charge in [0.05, 0.1) is 23.7 Å². The van der Waals surface area contributed by atoms with E-state index in [0.717, 1.165) is 36.1 Å². The van der Waals surface area contributed by atoms with Crippen LogP contribution in [-0.4, -0.2) is 44.4 Å². The number of amides is 2. The second kappa shape index (κ2) is 9.00. The predicted molar refractivity (Wildman–Crippen MR) is 121 cm³/mol. The number of nitrogens with one attached hydrogen (secondary N) is 2. The maximum Gasteiger partial charge on any atom is 0.256 e. The van der Waals surface area contributed by atoms with E-state index in [2.05, 4.69) is 10.6 Å². The number of anilines is 1. The third-order valence-electron chi connectivity index (χ3n) is 5.62. The van der Waals surface area contributed by atoms with Crippen LogP contribution < -0.4 is 15.4 Å². The van der Waals surface area contributed by atoms with Gasteiger partial charge in [-0.25, -0.2) is 8.42 Å². The molecule has 0 saturated carbocycles. The van der Waals surface area contributed by atoms with Gasteiger partial charge in [0.1, 0.15) is 10.8 Å². The van der Waals surface area contributed by atoms with Crippen LogP contribution in [-0.2, 0) is 22.7 Å². The van der Waals surface area contributed by atoms with Gasteiger partial charge in [0.25, 0.3) is 11.8 Å². The van der Waals surface area contributed by atoms with E-state index in [0.29, 0.717) is 34.9 Å². The summed E-state index contributed by atoms with van der Waals surface area (Å²) in [4.78, 5) is 27.1. The summed E-state index contributed by atoms with van der Waals surface area (Å²) in [6.07, 6.45) is 4.15. The molecule has 2 N–H and O–H groups in total. The number of hydrogen-bond donors (Lipinski definition) is 2. The summed E-state index contributed by atoms with van der Waals surface area (Å²) in [5.74, 6) is 0.166. The Hall–Kier alpha value is -2.39. The van der Waals surface area contributed by atoms with Crippen LogP contribution in [0.15, 0.2) is 24.3 Å². The Morgan fingerprint density at radius 3 is 2.55 bits per heavy atom. The average molecular weight is 463 g/mol. The second-order valence-corrected chi connectivity index (χ2v) is 11.2. The van der Waals surface area contributed by atoms with Gasteiger partial charge in [-0.1, -0.05) is 0 Å². The van der Waals surface area contributed by atoms with Gasteiger partial charge < -0.3 is 15.4 Å². The van der Waals surface area contributed by atoms with Crippen LogP contribution in [0.25, 0.3) is 0 Å². The molecule has 9 heteroatoms. The Bertz CT molecular complexity index is 1090. The van der Waals surface area contributed by atoms with E-state index in [-0.39, 0.29) is 29.4 Å². The van der Waals surface area contributed by atoms with E-state index in [1.165, 1.54) is 11.3 Å². The van der Waals surface area contributed by atoms with Crippen molar-refractivity contribution in [2.45, 2.75) is 45.1 Å². The minimum absolute atomic E-state index is 0.0288. The summed E-state index contributed by atoms with van der Waals surface area (Å²) in [7, 11) is -3.09. The number of thiophene rings is 1. The molecule has 0 bridgehead atoms. The number of sulfone groups is 1. The highest BCUT2D eigenvalue weighted by molar-refractivity contribution is 7.91. The van der Waals surface area contributed by atoms with Crippen molar-refractivity contribution in [3.8, 4) is 5.75 Å². The first kappa shape index (κ1) is 21.8. The Morgan fingerprint density at radius 1 is 1.13 bits per heavy atom. The summed E-state index contributed by atoms with van der Waals surface area (Å²) in [6.45, 7) is 2.44. The molecule has 31 heavy (non-hydrogen) atoms. The minimum Gasteiger partial charge on any atom is -0.494 e. The number of carbonyl (C=O) groups is 2. The monoisotopic (exact) mass is 462 g/mol. The fourth-order valence-corrected chi connectivity index (χ4v) is 7.06.